The molecule has 3 aromatic rings. The van der Waals surface area contributed by atoms with E-state index < -0.39 is 11.7 Å². The summed E-state index contributed by atoms with van der Waals surface area (Å²) in [6.07, 6.45) is -2.78. The molecule has 0 spiro atoms. The lowest BCUT2D eigenvalue weighted by atomic mass is 10.1. The van der Waals surface area contributed by atoms with Gasteiger partial charge in [-0.1, -0.05) is 0 Å². The molecule has 3 nitrogen and oxygen atoms in total. The van der Waals surface area contributed by atoms with Crippen LogP contribution in [0.3, 0.4) is 0 Å². The van der Waals surface area contributed by atoms with Crippen molar-refractivity contribution in [3.05, 3.63) is 53.7 Å². The van der Waals surface area contributed by atoms with Gasteiger partial charge in [-0.2, -0.15) is 13.2 Å². The van der Waals surface area contributed by atoms with E-state index in [-0.39, 0.29) is 0 Å². The Hall–Kier alpha value is -2.34. The highest BCUT2D eigenvalue weighted by Gasteiger charge is 2.30. The van der Waals surface area contributed by atoms with Crippen LogP contribution in [0.4, 0.5) is 13.2 Å². The summed E-state index contributed by atoms with van der Waals surface area (Å²) < 4.78 is 43.6. The molecule has 1 aromatic carbocycles. The van der Waals surface area contributed by atoms with Gasteiger partial charge in [-0.25, -0.2) is 0 Å². The van der Waals surface area contributed by atoms with Crippen molar-refractivity contribution in [1.82, 2.24) is 4.98 Å². The summed E-state index contributed by atoms with van der Waals surface area (Å²) in [5, 5.41) is 0.389. The number of halogens is 3. The zero-order chi connectivity index (χ0) is 15.0. The zero-order valence-electron chi connectivity index (χ0n) is 10.8. The molecule has 0 radical (unpaired) electrons. The maximum atomic E-state index is 12.7. The van der Waals surface area contributed by atoms with Gasteiger partial charge >= 0.3 is 6.18 Å². The second kappa shape index (κ2) is 4.89. The normalized spacial score (nSPS) is 12.0. The number of furan rings is 1. The molecular weight excluding hydrogens is 281 g/mol. The van der Waals surface area contributed by atoms with E-state index in [4.69, 9.17) is 10.2 Å². The minimum absolute atomic E-state index is 0.355. The van der Waals surface area contributed by atoms with Gasteiger partial charge in [-0.05, 0) is 42.0 Å². The van der Waals surface area contributed by atoms with Crippen molar-refractivity contribution in [3.63, 3.8) is 0 Å². The molecule has 0 aliphatic rings. The van der Waals surface area contributed by atoms with Gasteiger partial charge < -0.3 is 10.2 Å². The Kier molecular flexibility index (Phi) is 3.17. The van der Waals surface area contributed by atoms with Crippen LogP contribution in [0, 0.1) is 0 Å². The second-order valence-electron chi connectivity index (χ2n) is 4.61. The van der Waals surface area contributed by atoms with Gasteiger partial charge in [0.2, 0.25) is 0 Å². The Labute approximate surface area is 118 Å². The number of hydrogen-bond donors (Lipinski definition) is 1. The van der Waals surface area contributed by atoms with Crippen LogP contribution < -0.4 is 5.73 Å². The van der Waals surface area contributed by atoms with Crippen molar-refractivity contribution in [3.8, 4) is 11.5 Å². The third kappa shape index (κ3) is 2.62. The van der Waals surface area contributed by atoms with Crippen LogP contribution in [0.2, 0.25) is 0 Å². The molecule has 0 unspecified atom stereocenters. The molecule has 21 heavy (non-hydrogen) atoms. The molecule has 0 bridgehead atoms. The van der Waals surface area contributed by atoms with Gasteiger partial charge in [0.05, 0.1) is 5.56 Å². The Bertz CT molecular complexity index is 793. The minimum atomic E-state index is -4.37. The Balaban J connectivity index is 2.08. The highest BCUT2D eigenvalue weighted by Crippen LogP contribution is 2.34. The predicted octanol–water partition coefficient (Wildman–Crippen LogP) is 3.97. The lowest BCUT2D eigenvalue weighted by Gasteiger charge is -2.04. The average Bonchev–Trinajstić information content (AvgIpc) is 2.89. The van der Waals surface area contributed by atoms with Crippen LogP contribution in [0.25, 0.3) is 22.4 Å². The van der Waals surface area contributed by atoms with E-state index in [1.807, 2.05) is 0 Å². The Morgan fingerprint density at radius 1 is 1.10 bits per heavy atom. The number of fused-ring (bicyclic) bond motifs is 1. The summed E-state index contributed by atoms with van der Waals surface area (Å²) >= 11 is 0. The number of aromatic nitrogens is 1. The fraction of sp³-hybridized carbons (Fsp3) is 0.133. The molecule has 6 heteroatoms. The van der Waals surface area contributed by atoms with Crippen molar-refractivity contribution in [2.75, 3.05) is 0 Å². The topological polar surface area (TPSA) is 52.0 Å². The standard InChI is InChI=1S/C15H11F3N2O/c16-15(17,18)11-1-2-13-10(6-11)7-14(21-13)12-5-9(8-19)3-4-20-12/h1-7H,8,19H2. The van der Waals surface area contributed by atoms with Crippen molar-refractivity contribution in [2.24, 2.45) is 5.73 Å². The number of hydrogen-bond acceptors (Lipinski definition) is 3. The van der Waals surface area contributed by atoms with E-state index in [2.05, 4.69) is 4.98 Å². The summed E-state index contributed by atoms with van der Waals surface area (Å²) in [5.74, 6) is 0.416. The van der Waals surface area contributed by atoms with Gasteiger partial charge in [-0.3, -0.25) is 4.98 Å². The lowest BCUT2D eigenvalue weighted by Crippen LogP contribution is -2.03. The summed E-state index contributed by atoms with van der Waals surface area (Å²) in [5.41, 5.74) is 6.66. The third-order valence-electron chi connectivity index (χ3n) is 3.16. The number of rotatable bonds is 2. The smallest absolute Gasteiger partial charge is 0.416 e. The van der Waals surface area contributed by atoms with E-state index >= 15 is 0 Å². The van der Waals surface area contributed by atoms with Gasteiger partial charge in [-0.15, -0.1) is 0 Å². The maximum absolute atomic E-state index is 12.7. The first kappa shape index (κ1) is 13.6. The fourth-order valence-corrected chi connectivity index (χ4v) is 2.08. The van der Waals surface area contributed by atoms with Crippen LogP contribution in [0.15, 0.2) is 47.0 Å². The van der Waals surface area contributed by atoms with E-state index in [9.17, 15) is 13.2 Å². The summed E-state index contributed by atoms with van der Waals surface area (Å²) in [7, 11) is 0. The predicted molar refractivity (Wildman–Crippen MR) is 72.3 cm³/mol. The van der Waals surface area contributed by atoms with Crippen LogP contribution in [0.5, 0.6) is 0 Å². The van der Waals surface area contributed by atoms with Gasteiger partial charge in [0.1, 0.15) is 11.3 Å². The van der Waals surface area contributed by atoms with Gasteiger partial charge in [0.25, 0.3) is 0 Å². The van der Waals surface area contributed by atoms with E-state index in [1.54, 1.807) is 24.4 Å². The first-order valence-electron chi connectivity index (χ1n) is 6.23. The lowest BCUT2D eigenvalue weighted by molar-refractivity contribution is -0.137. The summed E-state index contributed by atoms with van der Waals surface area (Å²) in [6.45, 7) is 0.355. The monoisotopic (exact) mass is 292 g/mol. The van der Waals surface area contributed by atoms with Crippen molar-refractivity contribution in [2.45, 2.75) is 12.7 Å². The molecule has 0 saturated carbocycles. The molecule has 0 aliphatic carbocycles. The van der Waals surface area contributed by atoms with Crippen molar-refractivity contribution in [1.29, 1.82) is 0 Å². The SMILES string of the molecule is NCc1ccnc(-c2cc3cc(C(F)(F)F)ccc3o2)c1. The summed E-state index contributed by atoms with van der Waals surface area (Å²) in [6, 6.07) is 8.45. The molecule has 0 saturated heterocycles. The van der Waals surface area contributed by atoms with Crippen LogP contribution >= 0.6 is 0 Å². The zero-order valence-corrected chi connectivity index (χ0v) is 10.8. The highest BCUT2D eigenvalue weighted by molar-refractivity contribution is 5.83. The van der Waals surface area contributed by atoms with Gasteiger partial charge in [0, 0.05) is 18.1 Å². The molecule has 0 aliphatic heterocycles. The molecule has 2 heterocycles. The number of benzene rings is 1. The van der Waals surface area contributed by atoms with Crippen molar-refractivity contribution >= 4 is 11.0 Å². The van der Waals surface area contributed by atoms with Crippen LogP contribution in [-0.2, 0) is 12.7 Å². The summed E-state index contributed by atoms with van der Waals surface area (Å²) in [4.78, 5) is 4.15. The quantitative estimate of drug-likeness (QED) is 0.777. The van der Waals surface area contributed by atoms with Crippen LogP contribution in [-0.4, -0.2) is 4.98 Å². The fourth-order valence-electron chi connectivity index (χ4n) is 2.08. The molecule has 0 amide bonds. The second-order valence-corrected chi connectivity index (χ2v) is 4.61. The molecule has 2 aromatic heterocycles. The van der Waals surface area contributed by atoms with Crippen molar-refractivity contribution < 1.29 is 17.6 Å². The largest absolute Gasteiger partial charge is 0.454 e. The van der Waals surface area contributed by atoms with E-state index in [1.165, 1.54) is 6.07 Å². The third-order valence-corrected chi connectivity index (χ3v) is 3.16. The van der Waals surface area contributed by atoms with Crippen LogP contribution in [0.1, 0.15) is 11.1 Å². The Morgan fingerprint density at radius 3 is 2.62 bits per heavy atom. The minimum Gasteiger partial charge on any atom is -0.454 e. The molecule has 108 valence electrons. The molecule has 0 atom stereocenters. The highest BCUT2D eigenvalue weighted by atomic mass is 19.4. The Morgan fingerprint density at radius 2 is 1.90 bits per heavy atom. The first-order chi connectivity index (χ1) is 9.97. The molecule has 3 rings (SSSR count). The first-order valence-corrected chi connectivity index (χ1v) is 6.23. The van der Waals surface area contributed by atoms with Gasteiger partial charge in [0.15, 0.2) is 5.76 Å². The van der Waals surface area contributed by atoms with E-state index in [0.717, 1.165) is 17.7 Å². The van der Waals surface area contributed by atoms with E-state index in [0.29, 0.717) is 29.0 Å². The number of alkyl halides is 3. The molecule has 2 N–H and O–H groups in total. The maximum Gasteiger partial charge on any atom is 0.416 e. The molecule has 0 fully saturated rings. The number of nitrogens with two attached hydrogens (primary N) is 1. The number of nitrogens with zero attached hydrogens (tertiary/aromatic N) is 1. The number of pyridine rings is 1. The average molecular weight is 292 g/mol. The molecular formula is C15H11F3N2O.